The van der Waals surface area contributed by atoms with Crippen molar-refractivity contribution >= 4 is 35.4 Å². The third-order valence-corrected chi connectivity index (χ3v) is 23.0. The van der Waals surface area contributed by atoms with E-state index in [1.807, 2.05) is 36.4 Å². The van der Waals surface area contributed by atoms with Crippen LogP contribution in [0.15, 0.2) is 218 Å². The van der Waals surface area contributed by atoms with Gasteiger partial charge in [0.1, 0.15) is 11.5 Å². The fourth-order valence-corrected chi connectivity index (χ4v) is 15.0. The number of hydrogen-bond donors (Lipinski definition) is 24. The molecule has 144 heavy (non-hydrogen) atoms. The topological polar surface area (TPSA) is 576 Å². The molecular formula is C110H126N6O28. The molecule has 12 aromatic carbocycles. The Morgan fingerprint density at radius 3 is 0.618 bits per heavy atom. The molecule has 12 rings (SSSR count). The van der Waals surface area contributed by atoms with Crippen molar-refractivity contribution in [1.82, 2.24) is 31.9 Å². The summed E-state index contributed by atoms with van der Waals surface area (Å²) in [6, 6.07) is 58.0. The summed E-state index contributed by atoms with van der Waals surface area (Å²) in [5.41, 5.74) is 12.4. The summed E-state index contributed by atoms with van der Waals surface area (Å²) in [5.74, 6) is -5.04. The largest absolute Gasteiger partial charge is 0.508 e. The molecule has 34 heteroatoms. The molecule has 0 heterocycles. The second kappa shape index (κ2) is 55.6. The maximum atomic E-state index is 13.1. The van der Waals surface area contributed by atoms with Crippen molar-refractivity contribution in [2.75, 3.05) is 92.1 Å². The summed E-state index contributed by atoms with van der Waals surface area (Å²) in [5, 5.41) is 192. The van der Waals surface area contributed by atoms with Gasteiger partial charge in [0.05, 0.1) is 58.3 Å². The van der Waals surface area contributed by atoms with Crippen molar-refractivity contribution < 1.29 is 140 Å². The molecule has 0 aromatic heterocycles. The van der Waals surface area contributed by atoms with Gasteiger partial charge in [0.25, 0.3) is 11.8 Å². The van der Waals surface area contributed by atoms with E-state index in [0.29, 0.717) is 105 Å². The molecule has 0 saturated carbocycles. The Morgan fingerprint density at radius 1 is 0.215 bits per heavy atom. The summed E-state index contributed by atoms with van der Waals surface area (Å²) >= 11 is 0. The summed E-state index contributed by atoms with van der Waals surface area (Å²) in [7, 11) is 0. The van der Waals surface area contributed by atoms with Gasteiger partial charge in [-0.3, -0.25) is 28.8 Å². The predicted molar refractivity (Wildman–Crippen MR) is 538 cm³/mol. The van der Waals surface area contributed by atoms with Gasteiger partial charge in [0, 0.05) is 76.1 Å². The predicted octanol–water partition coefficient (Wildman–Crippen LogP) is 12.7. The number of carbonyl (C=O) groups excluding carboxylic acids is 6. The van der Waals surface area contributed by atoms with E-state index in [2.05, 4.69) is 31.9 Å². The zero-order valence-corrected chi connectivity index (χ0v) is 79.2. The summed E-state index contributed by atoms with van der Waals surface area (Å²) in [4.78, 5) is 77.1. The van der Waals surface area contributed by atoms with Crippen LogP contribution in [0.5, 0.6) is 103 Å². The molecule has 0 radical (unpaired) electrons. The first kappa shape index (κ1) is 111. The average Bonchev–Trinajstić information content (AvgIpc) is 0.823. The van der Waals surface area contributed by atoms with E-state index in [4.69, 9.17) is 18.9 Å². The third-order valence-electron chi connectivity index (χ3n) is 23.0. The van der Waals surface area contributed by atoms with E-state index in [-0.39, 0.29) is 256 Å². The highest BCUT2D eigenvalue weighted by Gasteiger charge is 2.34. The van der Waals surface area contributed by atoms with Gasteiger partial charge < -0.3 is 143 Å². The average molecular weight is 1980 g/mol. The zero-order valence-electron chi connectivity index (χ0n) is 79.2. The minimum atomic E-state index is -1.05. The van der Waals surface area contributed by atoms with Crippen molar-refractivity contribution in [2.45, 2.75) is 111 Å². The number of ether oxygens (including phenoxy) is 4. The molecule has 24 N–H and O–H groups in total. The summed E-state index contributed by atoms with van der Waals surface area (Å²) in [6.07, 6.45) is 4.54. The minimum absolute atomic E-state index is 0. The number of benzene rings is 12. The van der Waals surface area contributed by atoms with Crippen molar-refractivity contribution in [3.8, 4) is 103 Å². The van der Waals surface area contributed by atoms with E-state index < -0.39 is 11.3 Å². The second-order valence-electron chi connectivity index (χ2n) is 34.7. The van der Waals surface area contributed by atoms with Crippen molar-refractivity contribution in [1.29, 1.82) is 0 Å². The maximum absolute atomic E-state index is 13.1. The Morgan fingerprint density at radius 2 is 0.403 bits per heavy atom. The van der Waals surface area contributed by atoms with E-state index >= 15 is 0 Å². The molecular weight excluding hydrogens is 1850 g/mol. The lowest BCUT2D eigenvalue weighted by Crippen LogP contribution is -2.43. The number of carbonyl (C=O) groups is 6. The van der Waals surface area contributed by atoms with Crippen LogP contribution in [0.3, 0.4) is 0 Å². The van der Waals surface area contributed by atoms with Crippen LogP contribution in [0.2, 0.25) is 0 Å². The van der Waals surface area contributed by atoms with Crippen LogP contribution in [-0.2, 0) is 102 Å². The number of hydrogen-bond acceptors (Lipinski definition) is 28. The monoisotopic (exact) mass is 1980 g/mol. The molecule has 764 valence electrons. The lowest BCUT2D eigenvalue weighted by atomic mass is 9.92. The smallest absolute Gasteiger partial charge is 0.251 e. The Balaban J connectivity index is 0.000000260. The van der Waals surface area contributed by atoms with Gasteiger partial charge in [-0.2, -0.15) is 0 Å². The number of phenolic OH excluding ortho intramolecular Hbond substituents is 18. The van der Waals surface area contributed by atoms with Gasteiger partial charge in [0.15, 0.2) is 92.0 Å². The minimum Gasteiger partial charge on any atom is -0.508 e. The van der Waals surface area contributed by atoms with Gasteiger partial charge in [0.2, 0.25) is 23.6 Å². The molecule has 0 saturated heterocycles. The number of nitrogens with one attached hydrogen (secondary N) is 6. The first-order valence-electron chi connectivity index (χ1n) is 46.3. The van der Waals surface area contributed by atoms with Gasteiger partial charge in [-0.05, 0) is 294 Å². The highest BCUT2D eigenvalue weighted by molar-refractivity contribution is 6.00. The maximum Gasteiger partial charge on any atom is 0.251 e. The van der Waals surface area contributed by atoms with Crippen LogP contribution in [0, 0.1) is 19.3 Å². The lowest BCUT2D eigenvalue weighted by Gasteiger charge is -2.33. The molecule has 6 amide bonds. The van der Waals surface area contributed by atoms with Crippen LogP contribution in [0.4, 0.5) is 0 Å². The SMILES string of the molecule is C.Cc1ccc(CCNC(=O)CCOCC(COCCC(=O)NCCc2ccc(O)c(O)c2)(COCCC(=O)NCCc2ccc(O)c(O)c2)COCCC(=O)NCCc2ccc(O)c(O)c2)cc1O.Cc1ccc(CCNC(=O)c2cc(Cc3ccc(O)c(O)c3)cc(C(=O)NCCc3ccc(O)c(O)c3)c2)cc1O.Oc1ccc(Cc2cc(Cc3ccc(O)c(O)c3)cc(Cc3ccc(O)c(O)c3)c2)cc1O. The van der Waals surface area contributed by atoms with Gasteiger partial charge in [-0.15, -0.1) is 0 Å². The number of rotatable bonds is 48. The Bertz CT molecular complexity index is 5770. The molecule has 0 aliphatic carbocycles. The van der Waals surface area contributed by atoms with Crippen molar-refractivity contribution in [2.24, 2.45) is 5.41 Å². The van der Waals surface area contributed by atoms with Crippen molar-refractivity contribution in [3.05, 3.63) is 319 Å². The second-order valence-corrected chi connectivity index (χ2v) is 34.7. The molecule has 0 spiro atoms. The number of aryl methyl sites for hydroxylation is 2. The Hall–Kier alpha value is -16.3. The van der Waals surface area contributed by atoms with Crippen LogP contribution in [0.1, 0.15) is 143 Å². The fourth-order valence-electron chi connectivity index (χ4n) is 15.0. The normalized spacial score (nSPS) is 11.0. The van der Waals surface area contributed by atoms with E-state index in [0.717, 1.165) is 61.2 Å². The number of phenols is 18. The first-order valence-corrected chi connectivity index (χ1v) is 46.3. The molecule has 34 nitrogen and oxygen atoms in total. The molecule has 0 atom stereocenters. The van der Waals surface area contributed by atoms with Gasteiger partial charge >= 0.3 is 0 Å². The molecule has 0 fully saturated rings. The van der Waals surface area contributed by atoms with E-state index in [9.17, 15) is 121 Å². The quantitative estimate of drug-likeness (QED) is 0.0124. The molecule has 0 bridgehead atoms. The molecule has 12 aromatic rings. The number of amides is 6. The molecule has 0 unspecified atom stereocenters. The third kappa shape index (κ3) is 37.0. The Kier molecular flexibility index (Phi) is 43.0. The van der Waals surface area contributed by atoms with Crippen LogP contribution in [-0.4, -0.2) is 219 Å². The highest BCUT2D eigenvalue weighted by Crippen LogP contribution is 2.35. The highest BCUT2D eigenvalue weighted by atomic mass is 16.5. The molecule has 0 aliphatic heterocycles. The van der Waals surface area contributed by atoms with Crippen molar-refractivity contribution in [3.63, 3.8) is 0 Å². The standard InChI is InChI=1S/C50H66N4O15.C32H32N2O7.C27H24O6.CH4/c1-34-2-3-35(26-42(34)58)10-18-51-46(62)14-22-66-30-50(31-67-23-15-47(63)52-19-11-36-4-7-39(55)43(59)27-36,32-68-24-16-48(64)53-20-12-37-5-8-40(56)44(60)28-37)33-69-25-17-49(65)54-21-13-38-6-9-41(57)45(61)29-38;1-19-2-3-20(15-28(19)37)8-10-33-31(40)24-13-23(12-22-5-7-27(36)30(39)17-22)14-25(18-24)32(41)34-11-9-21-4-6-26(35)29(38)16-21;28-22-4-1-16(13-25(22)31)7-19-10-20(8-17-2-5-23(29)26(32)14-17)12-21(11-19)9-18-3-6-24(30)27(33)15-18;/h2-9,26-29,55-61H,10-25,30-33H2,1H3,(H,51,62)(H,52,63)(H,53,64)(H,54,65);2-7,13-18,35-39H,8-12H2,1H3,(H,33,40)(H,34,41);1-6,10-15,28-33H,7-9H2;1H4. The summed E-state index contributed by atoms with van der Waals surface area (Å²) < 4.78 is 24.2. The van der Waals surface area contributed by atoms with E-state index in [1.165, 1.54) is 103 Å². The van der Waals surface area contributed by atoms with Crippen LogP contribution >= 0.6 is 0 Å². The van der Waals surface area contributed by atoms with Crippen LogP contribution in [0.25, 0.3) is 0 Å². The van der Waals surface area contributed by atoms with Gasteiger partial charge in [-0.25, -0.2) is 0 Å². The first-order chi connectivity index (χ1) is 68.5. The van der Waals surface area contributed by atoms with Gasteiger partial charge in [-0.1, -0.05) is 98.4 Å². The number of aromatic hydroxyl groups is 18. The summed E-state index contributed by atoms with van der Waals surface area (Å²) in [6.45, 7) is 5.18. The lowest BCUT2D eigenvalue weighted by molar-refractivity contribution is -0.129. The Labute approximate surface area is 833 Å². The molecule has 0 aliphatic rings. The van der Waals surface area contributed by atoms with Crippen LogP contribution < -0.4 is 31.9 Å². The fraction of sp³-hybridized carbons (Fsp3) is 0.291. The zero-order chi connectivity index (χ0) is 103. The van der Waals surface area contributed by atoms with E-state index in [1.54, 1.807) is 92.7 Å².